The fourth-order valence-corrected chi connectivity index (χ4v) is 3.52. The molecule has 0 aliphatic heterocycles. The van der Waals surface area contributed by atoms with Gasteiger partial charge in [0, 0.05) is 22.8 Å². The van der Waals surface area contributed by atoms with Crippen molar-refractivity contribution in [2.45, 2.75) is 13.3 Å². The fourth-order valence-electron chi connectivity index (χ4n) is 2.70. The number of hydrogen-bond acceptors (Lipinski definition) is 6. The van der Waals surface area contributed by atoms with Gasteiger partial charge in [0.05, 0.1) is 5.52 Å². The molecule has 0 aliphatic rings. The number of nitrogen functional groups attached to an aromatic ring is 1. The molecule has 0 radical (unpaired) electrons. The van der Waals surface area contributed by atoms with E-state index in [0.29, 0.717) is 29.9 Å². The molecule has 0 atom stereocenters. The number of aromatic nitrogens is 3. The third-order valence-corrected chi connectivity index (χ3v) is 4.94. The molecule has 0 aliphatic carbocycles. The maximum Gasteiger partial charge on any atom is 0.258 e. The highest BCUT2D eigenvalue weighted by Crippen LogP contribution is 2.25. The SMILES string of the molecule is Cc1c(CCNc2ncnc(N)c2C#N)c(Br)c2ccc(F)cn2c1=O. The fraction of sp³-hybridized carbons (Fsp3) is 0.176. The molecule has 0 unspecified atom stereocenters. The summed E-state index contributed by atoms with van der Waals surface area (Å²) in [5, 5.41) is 12.2. The molecule has 3 rings (SSSR count). The van der Waals surface area contributed by atoms with Crippen molar-refractivity contribution in [2.75, 3.05) is 17.6 Å². The number of hydrogen-bond donors (Lipinski definition) is 2. The number of nitrogens with zero attached hydrogens (tertiary/aromatic N) is 4. The predicted molar refractivity (Wildman–Crippen MR) is 99.4 cm³/mol. The summed E-state index contributed by atoms with van der Waals surface area (Å²) in [5.41, 5.74) is 7.47. The lowest BCUT2D eigenvalue weighted by molar-refractivity contribution is 0.617. The van der Waals surface area contributed by atoms with E-state index in [4.69, 9.17) is 11.0 Å². The van der Waals surface area contributed by atoms with Crippen molar-refractivity contribution in [3.05, 3.63) is 62.0 Å². The zero-order valence-electron chi connectivity index (χ0n) is 13.8. The number of nitrogens with one attached hydrogen (secondary N) is 1. The van der Waals surface area contributed by atoms with Gasteiger partial charge in [-0.25, -0.2) is 14.4 Å². The van der Waals surface area contributed by atoms with Crippen LogP contribution in [0, 0.1) is 24.1 Å². The lowest BCUT2D eigenvalue weighted by atomic mass is 10.1. The monoisotopic (exact) mass is 416 g/mol. The van der Waals surface area contributed by atoms with Crippen LogP contribution in [0.15, 0.2) is 33.9 Å². The topological polar surface area (TPSA) is 109 Å². The van der Waals surface area contributed by atoms with Crippen molar-refractivity contribution in [2.24, 2.45) is 0 Å². The third kappa shape index (κ3) is 3.11. The summed E-state index contributed by atoms with van der Waals surface area (Å²) >= 11 is 3.51. The van der Waals surface area contributed by atoms with Crippen LogP contribution in [0.4, 0.5) is 16.0 Å². The summed E-state index contributed by atoms with van der Waals surface area (Å²) in [7, 11) is 0. The standard InChI is InChI=1S/C17H14BrFN6O/c1-9-11(4-5-22-16-12(6-20)15(21)23-8-24-16)14(18)13-3-2-10(19)7-25(13)17(9)26/h2-3,7-8H,4-5H2,1H3,(H3,21,22,23,24). The van der Waals surface area contributed by atoms with Crippen molar-refractivity contribution in [3.8, 4) is 6.07 Å². The van der Waals surface area contributed by atoms with E-state index < -0.39 is 5.82 Å². The summed E-state index contributed by atoms with van der Waals surface area (Å²) < 4.78 is 15.4. The van der Waals surface area contributed by atoms with E-state index in [-0.39, 0.29) is 16.9 Å². The number of rotatable bonds is 4. The Hall–Kier alpha value is -2.99. The predicted octanol–water partition coefficient (Wildman–Crippen LogP) is 2.41. The van der Waals surface area contributed by atoms with Crippen LogP contribution >= 0.6 is 15.9 Å². The molecule has 0 fully saturated rings. The van der Waals surface area contributed by atoms with E-state index in [1.165, 1.54) is 23.0 Å². The summed E-state index contributed by atoms with van der Waals surface area (Å²) in [5.74, 6) is -0.0348. The van der Waals surface area contributed by atoms with Crippen molar-refractivity contribution >= 4 is 33.1 Å². The molecule has 3 aromatic heterocycles. The first-order chi connectivity index (χ1) is 12.4. The van der Waals surface area contributed by atoms with Crippen molar-refractivity contribution < 1.29 is 4.39 Å². The Morgan fingerprint density at radius 3 is 2.92 bits per heavy atom. The van der Waals surface area contributed by atoms with Crippen LogP contribution in [0.1, 0.15) is 16.7 Å². The number of halogens is 2. The number of fused-ring (bicyclic) bond motifs is 1. The van der Waals surface area contributed by atoms with E-state index in [1.54, 1.807) is 13.0 Å². The van der Waals surface area contributed by atoms with Crippen LogP contribution in [0.3, 0.4) is 0 Å². The lowest BCUT2D eigenvalue weighted by Crippen LogP contribution is -2.21. The Labute approximate surface area is 156 Å². The van der Waals surface area contributed by atoms with Gasteiger partial charge in [-0.15, -0.1) is 0 Å². The highest BCUT2D eigenvalue weighted by atomic mass is 79.9. The van der Waals surface area contributed by atoms with Crippen LogP contribution in [-0.4, -0.2) is 20.9 Å². The molecule has 132 valence electrons. The number of nitrogens with two attached hydrogens (primary N) is 1. The molecule has 0 spiro atoms. The maximum absolute atomic E-state index is 13.4. The Bertz CT molecular complexity index is 1110. The smallest absolute Gasteiger partial charge is 0.258 e. The second kappa shape index (κ2) is 7.09. The number of pyridine rings is 2. The Morgan fingerprint density at radius 1 is 1.42 bits per heavy atom. The second-order valence-electron chi connectivity index (χ2n) is 5.60. The molecule has 9 heteroatoms. The highest BCUT2D eigenvalue weighted by molar-refractivity contribution is 9.10. The molecule has 0 saturated heterocycles. The first-order valence-corrected chi connectivity index (χ1v) is 8.46. The van der Waals surface area contributed by atoms with Crippen LogP contribution < -0.4 is 16.6 Å². The minimum atomic E-state index is -0.481. The Morgan fingerprint density at radius 2 is 2.19 bits per heavy atom. The molecule has 3 heterocycles. The van der Waals surface area contributed by atoms with Crippen LogP contribution in [0.5, 0.6) is 0 Å². The first-order valence-electron chi connectivity index (χ1n) is 7.67. The zero-order valence-corrected chi connectivity index (χ0v) is 15.3. The van der Waals surface area contributed by atoms with Gasteiger partial charge in [0.25, 0.3) is 5.56 Å². The summed E-state index contributed by atoms with van der Waals surface area (Å²) in [4.78, 5) is 20.3. The molecule has 0 saturated carbocycles. The highest BCUT2D eigenvalue weighted by Gasteiger charge is 2.14. The van der Waals surface area contributed by atoms with Gasteiger partial charge >= 0.3 is 0 Å². The lowest BCUT2D eigenvalue weighted by Gasteiger charge is -2.13. The third-order valence-electron chi connectivity index (χ3n) is 4.05. The van der Waals surface area contributed by atoms with Crippen molar-refractivity contribution in [3.63, 3.8) is 0 Å². The molecule has 0 aromatic carbocycles. The molecule has 3 aromatic rings. The average molecular weight is 417 g/mol. The van der Waals surface area contributed by atoms with Gasteiger partial charge in [0.15, 0.2) is 0 Å². The van der Waals surface area contributed by atoms with Gasteiger partial charge in [-0.3, -0.25) is 9.20 Å². The van der Waals surface area contributed by atoms with Crippen LogP contribution in [-0.2, 0) is 6.42 Å². The van der Waals surface area contributed by atoms with Gasteiger partial charge in [-0.2, -0.15) is 5.26 Å². The van der Waals surface area contributed by atoms with Crippen LogP contribution in [0.25, 0.3) is 5.52 Å². The molecular weight excluding hydrogens is 403 g/mol. The van der Waals surface area contributed by atoms with E-state index >= 15 is 0 Å². The molecule has 3 N–H and O–H groups in total. The van der Waals surface area contributed by atoms with E-state index in [2.05, 4.69) is 31.2 Å². The van der Waals surface area contributed by atoms with Gasteiger partial charge in [-0.05, 0) is 47.0 Å². The zero-order chi connectivity index (χ0) is 18.8. The van der Waals surface area contributed by atoms with Crippen molar-refractivity contribution in [1.29, 1.82) is 5.26 Å². The molecular formula is C17H14BrFN6O. The molecule has 0 bridgehead atoms. The largest absolute Gasteiger partial charge is 0.382 e. The molecule has 0 amide bonds. The second-order valence-corrected chi connectivity index (χ2v) is 6.39. The van der Waals surface area contributed by atoms with Crippen LogP contribution in [0.2, 0.25) is 0 Å². The minimum Gasteiger partial charge on any atom is -0.382 e. The summed E-state index contributed by atoms with van der Waals surface area (Å²) in [6.45, 7) is 2.12. The van der Waals surface area contributed by atoms with Crippen molar-refractivity contribution in [1.82, 2.24) is 14.4 Å². The molecule has 26 heavy (non-hydrogen) atoms. The number of anilines is 2. The Balaban J connectivity index is 1.91. The minimum absolute atomic E-state index is 0.105. The van der Waals surface area contributed by atoms with E-state index in [1.807, 2.05) is 6.07 Å². The van der Waals surface area contributed by atoms with Gasteiger partial charge in [-0.1, -0.05) is 0 Å². The van der Waals surface area contributed by atoms with E-state index in [9.17, 15) is 9.18 Å². The first kappa shape index (κ1) is 17.8. The van der Waals surface area contributed by atoms with Gasteiger partial charge in [0.1, 0.15) is 35.4 Å². The Kier molecular flexibility index (Phi) is 4.86. The van der Waals surface area contributed by atoms with Gasteiger partial charge < -0.3 is 11.1 Å². The number of nitriles is 1. The van der Waals surface area contributed by atoms with Gasteiger partial charge in [0.2, 0.25) is 0 Å². The molecule has 7 nitrogen and oxygen atoms in total. The maximum atomic E-state index is 13.4. The normalized spacial score (nSPS) is 10.7. The quantitative estimate of drug-likeness (QED) is 0.675. The van der Waals surface area contributed by atoms with E-state index in [0.717, 1.165) is 10.0 Å². The summed E-state index contributed by atoms with van der Waals surface area (Å²) in [6, 6.07) is 4.82. The average Bonchev–Trinajstić information content (AvgIpc) is 2.62. The summed E-state index contributed by atoms with van der Waals surface area (Å²) in [6.07, 6.45) is 2.93.